The third-order valence-corrected chi connectivity index (χ3v) is 5.82. The highest BCUT2D eigenvalue weighted by Gasteiger charge is 2.20. The maximum Gasteiger partial charge on any atom is 0.191 e. The Balaban J connectivity index is 1.36. The Bertz CT molecular complexity index is 770. The van der Waals surface area contributed by atoms with Crippen LogP contribution in [0.3, 0.4) is 0 Å². The molecule has 1 atom stereocenters. The number of methoxy groups -OCH3 is 1. The first kappa shape index (κ1) is 22.1. The van der Waals surface area contributed by atoms with Gasteiger partial charge < -0.3 is 15.4 Å². The molecule has 1 saturated heterocycles. The molecule has 2 heterocycles. The van der Waals surface area contributed by atoms with Gasteiger partial charge in [-0.1, -0.05) is 25.1 Å². The summed E-state index contributed by atoms with van der Waals surface area (Å²) in [6.45, 7) is 6.26. The van der Waals surface area contributed by atoms with Crippen molar-refractivity contribution in [2.75, 3.05) is 33.8 Å². The second-order valence-corrected chi connectivity index (χ2v) is 7.98. The summed E-state index contributed by atoms with van der Waals surface area (Å²) in [5.74, 6) is 2.29. The average Bonchev–Trinajstić information content (AvgIpc) is 2.80. The van der Waals surface area contributed by atoms with Crippen LogP contribution in [-0.2, 0) is 6.54 Å². The van der Waals surface area contributed by atoms with Crippen LogP contribution in [0.5, 0.6) is 5.75 Å². The Morgan fingerprint density at radius 3 is 2.60 bits per heavy atom. The van der Waals surface area contributed by atoms with Crippen molar-refractivity contribution < 1.29 is 4.74 Å². The Morgan fingerprint density at radius 2 is 1.97 bits per heavy atom. The summed E-state index contributed by atoms with van der Waals surface area (Å²) in [7, 11) is 3.55. The smallest absolute Gasteiger partial charge is 0.191 e. The maximum atomic E-state index is 5.24. The number of hydrogen-bond acceptors (Lipinski definition) is 4. The molecule has 6 heteroatoms. The van der Waals surface area contributed by atoms with Crippen molar-refractivity contribution in [3.05, 3.63) is 59.9 Å². The summed E-state index contributed by atoms with van der Waals surface area (Å²) in [6, 6.07) is 14.9. The first-order valence-corrected chi connectivity index (χ1v) is 10.9. The molecule has 0 amide bonds. The lowest BCUT2D eigenvalue weighted by molar-refractivity contribution is 0.196. The SMILES string of the molecule is CN=C(NCCC(C)c1ccc(OC)cc1)NC1CCN(Cc2ccccn2)CC1. The monoisotopic (exact) mass is 409 g/mol. The molecule has 2 aromatic rings. The Morgan fingerprint density at radius 1 is 1.20 bits per heavy atom. The van der Waals surface area contributed by atoms with Crippen LogP contribution in [0.15, 0.2) is 53.7 Å². The topological polar surface area (TPSA) is 61.8 Å². The van der Waals surface area contributed by atoms with Gasteiger partial charge >= 0.3 is 0 Å². The average molecular weight is 410 g/mol. The minimum atomic E-state index is 0.468. The standard InChI is InChI=1S/C24H35N5O/c1-19(20-7-9-23(30-3)10-8-20)11-15-27-24(25-2)28-21-12-16-29(17-13-21)18-22-6-4-5-14-26-22/h4-10,14,19,21H,11-13,15-18H2,1-3H3,(H2,25,27,28). The van der Waals surface area contributed by atoms with Gasteiger partial charge in [0.15, 0.2) is 5.96 Å². The highest BCUT2D eigenvalue weighted by atomic mass is 16.5. The molecule has 0 bridgehead atoms. The summed E-state index contributed by atoms with van der Waals surface area (Å²) in [6.07, 6.45) is 5.16. The molecule has 2 N–H and O–H groups in total. The molecule has 1 aromatic carbocycles. The van der Waals surface area contributed by atoms with Gasteiger partial charge in [-0.15, -0.1) is 0 Å². The van der Waals surface area contributed by atoms with E-state index in [0.717, 1.165) is 62.8 Å². The molecule has 1 unspecified atom stereocenters. The fourth-order valence-corrected chi connectivity index (χ4v) is 3.85. The van der Waals surface area contributed by atoms with Gasteiger partial charge in [0, 0.05) is 45.5 Å². The van der Waals surface area contributed by atoms with Crippen LogP contribution in [0, 0.1) is 0 Å². The minimum absolute atomic E-state index is 0.468. The Labute approximate surface area is 180 Å². The summed E-state index contributed by atoms with van der Waals surface area (Å²) < 4.78 is 5.24. The molecule has 0 aliphatic carbocycles. The third-order valence-electron chi connectivity index (χ3n) is 5.82. The molecular weight excluding hydrogens is 374 g/mol. The fraction of sp³-hybridized carbons (Fsp3) is 0.500. The first-order valence-electron chi connectivity index (χ1n) is 10.9. The first-order chi connectivity index (χ1) is 14.7. The number of likely N-dealkylation sites (tertiary alicyclic amines) is 1. The van der Waals surface area contributed by atoms with E-state index in [9.17, 15) is 0 Å². The summed E-state index contributed by atoms with van der Waals surface area (Å²) in [5.41, 5.74) is 2.48. The van der Waals surface area contributed by atoms with Crippen molar-refractivity contribution in [1.29, 1.82) is 0 Å². The molecular formula is C24H35N5O. The molecule has 3 rings (SSSR count). The number of aliphatic imine (C=N–C) groups is 1. The fourth-order valence-electron chi connectivity index (χ4n) is 3.85. The minimum Gasteiger partial charge on any atom is -0.497 e. The summed E-state index contributed by atoms with van der Waals surface area (Å²) in [5, 5.41) is 7.08. The molecule has 1 aromatic heterocycles. The molecule has 30 heavy (non-hydrogen) atoms. The lowest BCUT2D eigenvalue weighted by Gasteiger charge is -2.32. The molecule has 0 spiro atoms. The van der Waals surface area contributed by atoms with Crippen LogP contribution in [0.4, 0.5) is 0 Å². The van der Waals surface area contributed by atoms with Crippen LogP contribution in [0.25, 0.3) is 0 Å². The third kappa shape index (κ3) is 6.73. The molecule has 0 saturated carbocycles. The van der Waals surface area contributed by atoms with Gasteiger partial charge in [0.25, 0.3) is 0 Å². The van der Waals surface area contributed by atoms with E-state index in [1.807, 2.05) is 31.4 Å². The van der Waals surface area contributed by atoms with E-state index in [1.165, 1.54) is 5.56 Å². The molecule has 1 aliphatic heterocycles. The number of pyridine rings is 1. The molecule has 1 fully saturated rings. The van der Waals surface area contributed by atoms with Crippen molar-refractivity contribution >= 4 is 5.96 Å². The van der Waals surface area contributed by atoms with Crippen LogP contribution in [-0.4, -0.2) is 55.7 Å². The lowest BCUT2D eigenvalue weighted by atomic mass is 9.98. The molecule has 162 valence electrons. The largest absolute Gasteiger partial charge is 0.497 e. The summed E-state index contributed by atoms with van der Waals surface area (Å²) in [4.78, 5) is 11.3. The zero-order chi connectivity index (χ0) is 21.2. The van der Waals surface area contributed by atoms with Gasteiger partial charge in [-0.3, -0.25) is 14.9 Å². The number of aromatic nitrogens is 1. The number of rotatable bonds is 8. The summed E-state index contributed by atoms with van der Waals surface area (Å²) >= 11 is 0. The van der Waals surface area contributed by atoms with Crippen LogP contribution < -0.4 is 15.4 Å². The highest BCUT2D eigenvalue weighted by Crippen LogP contribution is 2.21. The predicted octanol–water partition coefficient (Wildman–Crippen LogP) is 3.41. The maximum absolute atomic E-state index is 5.24. The van der Waals surface area contributed by atoms with Crippen LogP contribution in [0.2, 0.25) is 0 Å². The van der Waals surface area contributed by atoms with Crippen molar-refractivity contribution in [3.8, 4) is 5.75 Å². The number of ether oxygens (including phenoxy) is 1. The molecule has 1 aliphatic rings. The quantitative estimate of drug-likeness (QED) is 0.517. The number of piperidine rings is 1. The van der Waals surface area contributed by atoms with Gasteiger partial charge in [-0.2, -0.15) is 0 Å². The van der Waals surface area contributed by atoms with Crippen molar-refractivity contribution in [1.82, 2.24) is 20.5 Å². The van der Waals surface area contributed by atoms with Crippen molar-refractivity contribution in [2.45, 2.75) is 44.7 Å². The number of nitrogens with zero attached hydrogens (tertiary/aromatic N) is 3. The number of nitrogens with one attached hydrogen (secondary N) is 2. The van der Waals surface area contributed by atoms with E-state index >= 15 is 0 Å². The molecule has 0 radical (unpaired) electrons. The second-order valence-electron chi connectivity index (χ2n) is 7.98. The normalized spacial score (nSPS) is 16.8. The van der Waals surface area contributed by atoms with Gasteiger partial charge in [0.05, 0.1) is 12.8 Å². The van der Waals surface area contributed by atoms with Crippen molar-refractivity contribution in [3.63, 3.8) is 0 Å². The highest BCUT2D eigenvalue weighted by molar-refractivity contribution is 5.79. The van der Waals surface area contributed by atoms with E-state index < -0.39 is 0 Å². The Hall–Kier alpha value is -2.60. The number of benzene rings is 1. The van der Waals surface area contributed by atoms with E-state index in [-0.39, 0.29) is 0 Å². The van der Waals surface area contributed by atoms with E-state index in [4.69, 9.17) is 4.74 Å². The van der Waals surface area contributed by atoms with Gasteiger partial charge in [-0.25, -0.2) is 0 Å². The second kappa shape index (κ2) is 11.6. The van der Waals surface area contributed by atoms with E-state index in [2.05, 4.69) is 56.7 Å². The number of guanidine groups is 1. The van der Waals surface area contributed by atoms with E-state index in [0.29, 0.717) is 12.0 Å². The zero-order valence-corrected chi connectivity index (χ0v) is 18.5. The molecule has 6 nitrogen and oxygen atoms in total. The van der Waals surface area contributed by atoms with Crippen LogP contribution in [0.1, 0.15) is 43.4 Å². The van der Waals surface area contributed by atoms with Crippen LogP contribution >= 0.6 is 0 Å². The van der Waals surface area contributed by atoms with Gasteiger partial charge in [-0.05, 0) is 55.0 Å². The lowest BCUT2D eigenvalue weighted by Crippen LogP contribution is -2.48. The zero-order valence-electron chi connectivity index (χ0n) is 18.5. The van der Waals surface area contributed by atoms with E-state index in [1.54, 1.807) is 7.11 Å². The van der Waals surface area contributed by atoms with Gasteiger partial charge in [0.1, 0.15) is 5.75 Å². The Kier molecular flexibility index (Phi) is 8.51. The number of hydrogen-bond donors (Lipinski definition) is 2. The van der Waals surface area contributed by atoms with Crippen molar-refractivity contribution in [2.24, 2.45) is 4.99 Å². The predicted molar refractivity (Wildman–Crippen MR) is 123 cm³/mol. The van der Waals surface area contributed by atoms with Gasteiger partial charge in [0.2, 0.25) is 0 Å².